The first-order chi connectivity index (χ1) is 10.3. The zero-order valence-corrected chi connectivity index (χ0v) is 12.6. The number of hydrogen-bond donors (Lipinski definition) is 1. The molecule has 21 heavy (non-hydrogen) atoms. The molecule has 4 nitrogen and oxygen atoms in total. The van der Waals surface area contributed by atoms with Crippen molar-refractivity contribution in [1.29, 1.82) is 0 Å². The number of benzene rings is 1. The Kier molecular flexibility index (Phi) is 4.44. The van der Waals surface area contributed by atoms with E-state index in [1.807, 2.05) is 15.9 Å². The van der Waals surface area contributed by atoms with Crippen molar-refractivity contribution in [2.24, 2.45) is 5.73 Å². The third-order valence-electron chi connectivity index (χ3n) is 4.76. The van der Waals surface area contributed by atoms with Crippen LogP contribution >= 0.6 is 0 Å². The van der Waals surface area contributed by atoms with Crippen molar-refractivity contribution in [3.63, 3.8) is 0 Å². The molecule has 4 heteroatoms. The van der Waals surface area contributed by atoms with Crippen molar-refractivity contribution in [3.05, 3.63) is 35.4 Å². The van der Waals surface area contributed by atoms with Crippen molar-refractivity contribution in [3.8, 4) is 0 Å². The van der Waals surface area contributed by atoms with E-state index in [1.165, 1.54) is 24.0 Å². The summed E-state index contributed by atoms with van der Waals surface area (Å²) in [5.74, 6) is 0. The van der Waals surface area contributed by atoms with Gasteiger partial charge in [0.15, 0.2) is 0 Å². The third-order valence-corrected chi connectivity index (χ3v) is 4.76. The number of nitrogens with zero attached hydrogens (tertiary/aromatic N) is 2. The molecule has 0 spiro atoms. The number of hydrogen-bond acceptors (Lipinski definition) is 2. The maximum Gasteiger partial charge on any atom is 0.320 e. The molecule has 1 aromatic rings. The minimum atomic E-state index is 0.0331. The van der Waals surface area contributed by atoms with Gasteiger partial charge in [-0.05, 0) is 30.4 Å². The summed E-state index contributed by atoms with van der Waals surface area (Å²) in [5, 5.41) is 0. The lowest BCUT2D eigenvalue weighted by atomic mass is 9.93. The molecule has 1 atom stereocenters. The van der Waals surface area contributed by atoms with Crippen LogP contribution in [0.2, 0.25) is 0 Å². The Morgan fingerprint density at radius 1 is 1.10 bits per heavy atom. The molecule has 2 amide bonds. The minimum absolute atomic E-state index is 0.0331. The lowest BCUT2D eigenvalue weighted by Gasteiger charge is -2.39. The van der Waals surface area contributed by atoms with Gasteiger partial charge < -0.3 is 15.5 Å². The zero-order chi connectivity index (χ0) is 14.7. The molecule has 2 aliphatic heterocycles. The van der Waals surface area contributed by atoms with Gasteiger partial charge in [-0.3, -0.25) is 0 Å². The van der Waals surface area contributed by atoms with E-state index in [2.05, 4.69) is 18.2 Å². The summed E-state index contributed by atoms with van der Waals surface area (Å²) in [6.07, 6.45) is 5.68. The lowest BCUT2D eigenvalue weighted by molar-refractivity contribution is 0.131. The third kappa shape index (κ3) is 2.91. The fraction of sp³-hybridized carbons (Fsp3) is 0.588. The van der Waals surface area contributed by atoms with Gasteiger partial charge in [0, 0.05) is 26.2 Å². The second kappa shape index (κ2) is 6.48. The molecule has 0 radical (unpaired) electrons. The molecule has 1 aromatic carbocycles. The van der Waals surface area contributed by atoms with Gasteiger partial charge in [-0.15, -0.1) is 0 Å². The number of carbonyl (C=O) groups excluding carboxylic acids is 1. The van der Waals surface area contributed by atoms with Crippen LogP contribution in [0.5, 0.6) is 0 Å². The first-order valence-corrected chi connectivity index (χ1v) is 8.14. The summed E-state index contributed by atoms with van der Waals surface area (Å²) in [4.78, 5) is 16.9. The Balaban J connectivity index is 1.80. The quantitative estimate of drug-likeness (QED) is 0.863. The van der Waals surface area contributed by atoms with Crippen LogP contribution in [0.25, 0.3) is 0 Å². The van der Waals surface area contributed by atoms with E-state index in [0.717, 1.165) is 38.9 Å². The molecule has 0 aliphatic carbocycles. The highest BCUT2D eigenvalue weighted by Gasteiger charge is 2.32. The average Bonchev–Trinajstić information content (AvgIpc) is 2.82. The van der Waals surface area contributed by atoms with Crippen LogP contribution in [0.1, 0.15) is 42.9 Å². The second-order valence-corrected chi connectivity index (χ2v) is 6.08. The number of nitrogens with two attached hydrogens (primary N) is 1. The van der Waals surface area contributed by atoms with Crippen molar-refractivity contribution in [2.75, 3.05) is 26.2 Å². The molecule has 1 unspecified atom stereocenters. The topological polar surface area (TPSA) is 49.6 Å². The van der Waals surface area contributed by atoms with E-state index < -0.39 is 0 Å². The molecular formula is C17H25N3O. The van der Waals surface area contributed by atoms with Gasteiger partial charge >= 0.3 is 6.03 Å². The highest BCUT2D eigenvalue weighted by Crippen LogP contribution is 2.30. The average molecular weight is 287 g/mol. The number of urea groups is 1. The van der Waals surface area contributed by atoms with Crippen molar-refractivity contribution in [1.82, 2.24) is 9.80 Å². The minimum Gasteiger partial charge on any atom is -0.328 e. The highest BCUT2D eigenvalue weighted by molar-refractivity contribution is 5.75. The fourth-order valence-corrected chi connectivity index (χ4v) is 3.58. The molecular weight excluding hydrogens is 262 g/mol. The maximum atomic E-state index is 12.9. The monoisotopic (exact) mass is 287 g/mol. The van der Waals surface area contributed by atoms with Crippen LogP contribution in [0.4, 0.5) is 4.79 Å². The van der Waals surface area contributed by atoms with Crippen molar-refractivity contribution in [2.45, 2.75) is 38.1 Å². The Hall–Kier alpha value is -1.55. The molecule has 2 N–H and O–H groups in total. The number of fused-ring (bicyclic) bond motifs is 1. The molecule has 3 rings (SSSR count). The van der Waals surface area contributed by atoms with E-state index in [1.54, 1.807) is 0 Å². The van der Waals surface area contributed by atoms with Gasteiger partial charge in [0.05, 0.1) is 6.04 Å². The smallest absolute Gasteiger partial charge is 0.320 e. The molecule has 0 bridgehead atoms. The first-order valence-electron chi connectivity index (χ1n) is 8.14. The SMILES string of the molecule is NCC1c2ccccc2CCN1C(=O)N1CCCCCC1. The zero-order valence-electron chi connectivity index (χ0n) is 12.6. The largest absolute Gasteiger partial charge is 0.328 e. The molecule has 0 saturated carbocycles. The van der Waals surface area contributed by atoms with Gasteiger partial charge in [0.25, 0.3) is 0 Å². The predicted molar refractivity (Wildman–Crippen MR) is 84.1 cm³/mol. The molecule has 2 heterocycles. The second-order valence-electron chi connectivity index (χ2n) is 6.08. The van der Waals surface area contributed by atoms with Crippen molar-refractivity contribution >= 4 is 6.03 Å². The Morgan fingerprint density at radius 3 is 2.52 bits per heavy atom. The standard InChI is InChI=1S/C17H25N3O/c18-13-16-15-8-4-3-7-14(15)9-12-20(16)17(21)19-10-5-1-2-6-11-19/h3-4,7-8,16H,1-2,5-6,9-13,18H2. The number of likely N-dealkylation sites (tertiary alicyclic amines) is 1. The van der Waals surface area contributed by atoms with Crippen molar-refractivity contribution < 1.29 is 4.79 Å². The number of rotatable bonds is 1. The maximum absolute atomic E-state index is 12.9. The fourth-order valence-electron chi connectivity index (χ4n) is 3.58. The summed E-state index contributed by atoms with van der Waals surface area (Å²) in [6.45, 7) is 3.08. The molecule has 114 valence electrons. The summed E-state index contributed by atoms with van der Waals surface area (Å²) in [6, 6.07) is 8.60. The first kappa shape index (κ1) is 14.4. The van der Waals surface area contributed by atoms with Crippen LogP contribution in [-0.4, -0.2) is 42.0 Å². The van der Waals surface area contributed by atoms with E-state index in [9.17, 15) is 4.79 Å². The Labute approximate surface area is 126 Å². The van der Waals surface area contributed by atoms with Crippen LogP contribution in [0.15, 0.2) is 24.3 Å². The van der Waals surface area contributed by atoms with E-state index in [-0.39, 0.29) is 12.1 Å². The molecule has 2 aliphatic rings. The Morgan fingerprint density at radius 2 is 1.81 bits per heavy atom. The molecule has 1 saturated heterocycles. The van der Waals surface area contributed by atoms with Gasteiger partial charge in [-0.25, -0.2) is 4.79 Å². The summed E-state index contributed by atoms with van der Waals surface area (Å²) in [7, 11) is 0. The van der Waals surface area contributed by atoms with E-state index in [0.29, 0.717) is 6.54 Å². The molecule has 0 aromatic heterocycles. The predicted octanol–water partition coefficient (Wildman–Crippen LogP) is 2.54. The van der Waals surface area contributed by atoms with Gasteiger partial charge in [0.2, 0.25) is 0 Å². The molecule has 1 fully saturated rings. The van der Waals surface area contributed by atoms with Crippen LogP contribution in [0, 0.1) is 0 Å². The van der Waals surface area contributed by atoms with Crippen LogP contribution in [-0.2, 0) is 6.42 Å². The van der Waals surface area contributed by atoms with E-state index in [4.69, 9.17) is 5.73 Å². The summed E-state index contributed by atoms with van der Waals surface area (Å²) in [5.41, 5.74) is 8.57. The van der Waals surface area contributed by atoms with E-state index >= 15 is 0 Å². The lowest BCUT2D eigenvalue weighted by Crippen LogP contribution is -2.49. The van der Waals surface area contributed by atoms with Crippen LogP contribution < -0.4 is 5.73 Å². The van der Waals surface area contributed by atoms with Crippen LogP contribution in [0.3, 0.4) is 0 Å². The summed E-state index contributed by atoms with van der Waals surface area (Å²) < 4.78 is 0. The van der Waals surface area contributed by atoms with Gasteiger partial charge in [-0.2, -0.15) is 0 Å². The number of carbonyl (C=O) groups is 1. The highest BCUT2D eigenvalue weighted by atomic mass is 16.2. The number of amides is 2. The Bertz CT molecular complexity index is 495. The summed E-state index contributed by atoms with van der Waals surface area (Å²) >= 11 is 0. The van der Waals surface area contributed by atoms with Gasteiger partial charge in [0.1, 0.15) is 0 Å². The normalized spacial score (nSPS) is 22.6. The van der Waals surface area contributed by atoms with Gasteiger partial charge in [-0.1, -0.05) is 37.1 Å².